The number of nitriles is 1. The van der Waals surface area contributed by atoms with Gasteiger partial charge < -0.3 is 10.6 Å². The number of nitrogens with two attached hydrogens (primary N) is 1. The van der Waals surface area contributed by atoms with Gasteiger partial charge in [0.15, 0.2) is 0 Å². The van der Waals surface area contributed by atoms with Crippen molar-refractivity contribution in [2.45, 2.75) is 31.3 Å². The number of hydrogen-bond acceptors (Lipinski definition) is 3. The van der Waals surface area contributed by atoms with Gasteiger partial charge >= 0.3 is 0 Å². The summed E-state index contributed by atoms with van der Waals surface area (Å²) in [4.78, 5) is 13.6. The van der Waals surface area contributed by atoms with Crippen LogP contribution >= 0.6 is 0 Å². The Morgan fingerprint density at radius 2 is 2.17 bits per heavy atom. The zero-order valence-electron chi connectivity index (χ0n) is 10.5. The van der Waals surface area contributed by atoms with E-state index in [1.165, 1.54) is 0 Å². The molecule has 2 unspecified atom stereocenters. The summed E-state index contributed by atoms with van der Waals surface area (Å²) in [5.74, 6) is 0.0979. The molecule has 1 aliphatic heterocycles. The van der Waals surface area contributed by atoms with Crippen LogP contribution in [0.5, 0.6) is 0 Å². The Morgan fingerprint density at radius 1 is 1.44 bits per heavy atom. The molecule has 1 saturated heterocycles. The van der Waals surface area contributed by atoms with E-state index >= 15 is 0 Å². The van der Waals surface area contributed by atoms with E-state index in [1.807, 2.05) is 18.2 Å². The third-order valence-electron chi connectivity index (χ3n) is 3.54. The van der Waals surface area contributed by atoms with Gasteiger partial charge in [-0.25, -0.2) is 0 Å². The van der Waals surface area contributed by atoms with Crippen LogP contribution in [0.1, 0.15) is 36.4 Å². The minimum Gasteiger partial charge on any atom is -0.337 e. The molecule has 2 atom stereocenters. The van der Waals surface area contributed by atoms with Crippen molar-refractivity contribution in [3.63, 3.8) is 0 Å². The number of carbonyl (C=O) groups is 1. The topological polar surface area (TPSA) is 70.1 Å². The van der Waals surface area contributed by atoms with E-state index in [0.29, 0.717) is 12.0 Å². The van der Waals surface area contributed by atoms with Gasteiger partial charge in [-0.15, -0.1) is 0 Å². The van der Waals surface area contributed by atoms with Crippen molar-refractivity contribution in [1.82, 2.24) is 4.90 Å². The Kier molecular flexibility index (Phi) is 3.63. The molecule has 2 rings (SSSR count). The predicted molar refractivity (Wildman–Crippen MR) is 68.5 cm³/mol. The Balaban J connectivity index is 2.45. The minimum absolute atomic E-state index is 0.0979. The molecule has 1 aromatic carbocycles. The van der Waals surface area contributed by atoms with Gasteiger partial charge in [0.05, 0.1) is 17.7 Å². The van der Waals surface area contributed by atoms with Crippen molar-refractivity contribution in [2.24, 2.45) is 5.73 Å². The summed E-state index contributed by atoms with van der Waals surface area (Å²) in [6, 6.07) is 9.23. The highest BCUT2D eigenvalue weighted by atomic mass is 16.2. The number of rotatable bonds is 1. The Labute approximate surface area is 107 Å². The molecular formula is C14H17N3O. The van der Waals surface area contributed by atoms with E-state index in [0.717, 1.165) is 18.4 Å². The number of nitrogens with zero attached hydrogens (tertiary/aromatic N) is 2. The molecule has 1 amide bonds. The summed E-state index contributed by atoms with van der Waals surface area (Å²) in [5.41, 5.74) is 7.63. The van der Waals surface area contributed by atoms with Crippen LogP contribution in [0.15, 0.2) is 24.3 Å². The van der Waals surface area contributed by atoms with Crippen molar-refractivity contribution in [3.8, 4) is 6.07 Å². The van der Waals surface area contributed by atoms with Gasteiger partial charge in [0.2, 0.25) is 5.91 Å². The SMILES string of the molecule is CN1C(=O)CCCC(N)C1c1ccccc1C#N. The number of benzene rings is 1. The van der Waals surface area contributed by atoms with Crippen molar-refractivity contribution < 1.29 is 4.79 Å². The Hall–Kier alpha value is -1.86. The molecule has 94 valence electrons. The van der Waals surface area contributed by atoms with Gasteiger partial charge in [-0.3, -0.25) is 4.79 Å². The summed E-state index contributed by atoms with van der Waals surface area (Å²) in [6.07, 6.45) is 2.16. The summed E-state index contributed by atoms with van der Waals surface area (Å²) >= 11 is 0. The standard InChI is InChI=1S/C14H17N3O/c1-17-13(18)8-4-7-12(16)14(17)11-6-3-2-5-10(11)9-15/h2-3,5-6,12,14H,4,7-8,16H2,1H3. The number of carbonyl (C=O) groups excluding carboxylic acids is 1. The lowest BCUT2D eigenvalue weighted by molar-refractivity contribution is -0.131. The van der Waals surface area contributed by atoms with E-state index < -0.39 is 0 Å². The fourth-order valence-electron chi connectivity index (χ4n) is 2.56. The summed E-state index contributed by atoms with van der Waals surface area (Å²) in [5, 5.41) is 9.16. The molecule has 1 aliphatic rings. The molecule has 4 heteroatoms. The van der Waals surface area contributed by atoms with Crippen LogP contribution < -0.4 is 5.73 Å². The fourth-order valence-corrected chi connectivity index (χ4v) is 2.56. The molecule has 1 fully saturated rings. The molecule has 1 heterocycles. The average Bonchev–Trinajstić information content (AvgIpc) is 2.50. The van der Waals surface area contributed by atoms with Gasteiger partial charge in [-0.2, -0.15) is 5.26 Å². The van der Waals surface area contributed by atoms with Gasteiger partial charge in [-0.05, 0) is 24.5 Å². The van der Waals surface area contributed by atoms with Crippen molar-refractivity contribution in [3.05, 3.63) is 35.4 Å². The first-order chi connectivity index (χ1) is 8.65. The maximum atomic E-state index is 11.9. The molecule has 0 radical (unpaired) electrons. The predicted octanol–water partition coefficient (Wildman–Crippen LogP) is 1.57. The summed E-state index contributed by atoms with van der Waals surface area (Å²) in [6.45, 7) is 0. The van der Waals surface area contributed by atoms with Gasteiger partial charge in [0, 0.05) is 19.5 Å². The molecule has 0 saturated carbocycles. The zero-order valence-corrected chi connectivity index (χ0v) is 10.5. The van der Waals surface area contributed by atoms with E-state index in [-0.39, 0.29) is 18.0 Å². The van der Waals surface area contributed by atoms with E-state index in [2.05, 4.69) is 6.07 Å². The van der Waals surface area contributed by atoms with Crippen LogP contribution in [0.4, 0.5) is 0 Å². The second-order valence-electron chi connectivity index (χ2n) is 4.70. The zero-order chi connectivity index (χ0) is 13.1. The molecule has 4 nitrogen and oxygen atoms in total. The van der Waals surface area contributed by atoms with E-state index in [1.54, 1.807) is 18.0 Å². The molecule has 0 aromatic heterocycles. The molecule has 0 bridgehead atoms. The second kappa shape index (κ2) is 5.19. The number of hydrogen-bond donors (Lipinski definition) is 1. The first-order valence-corrected chi connectivity index (χ1v) is 6.15. The van der Waals surface area contributed by atoms with Crippen LogP contribution in [-0.4, -0.2) is 23.9 Å². The molecular weight excluding hydrogens is 226 g/mol. The summed E-state index contributed by atoms with van der Waals surface area (Å²) in [7, 11) is 1.77. The lowest BCUT2D eigenvalue weighted by atomic mass is 9.93. The maximum absolute atomic E-state index is 11.9. The van der Waals surface area contributed by atoms with Crippen LogP contribution in [0.3, 0.4) is 0 Å². The largest absolute Gasteiger partial charge is 0.337 e. The minimum atomic E-state index is -0.198. The number of likely N-dealkylation sites (tertiary alicyclic amines) is 1. The second-order valence-corrected chi connectivity index (χ2v) is 4.70. The highest BCUT2D eigenvalue weighted by molar-refractivity contribution is 5.77. The van der Waals surface area contributed by atoms with Crippen molar-refractivity contribution >= 4 is 5.91 Å². The molecule has 2 N–H and O–H groups in total. The van der Waals surface area contributed by atoms with Gasteiger partial charge in [0.25, 0.3) is 0 Å². The fraction of sp³-hybridized carbons (Fsp3) is 0.429. The maximum Gasteiger partial charge on any atom is 0.222 e. The molecule has 18 heavy (non-hydrogen) atoms. The lowest BCUT2D eigenvalue weighted by Gasteiger charge is -2.31. The number of likely N-dealkylation sites (N-methyl/N-ethyl adjacent to an activating group) is 1. The third kappa shape index (κ3) is 2.22. The number of amides is 1. The van der Waals surface area contributed by atoms with Gasteiger partial charge in [-0.1, -0.05) is 18.2 Å². The van der Waals surface area contributed by atoms with Crippen LogP contribution in [0.2, 0.25) is 0 Å². The Morgan fingerprint density at radius 3 is 2.89 bits per heavy atom. The van der Waals surface area contributed by atoms with Crippen LogP contribution in [0.25, 0.3) is 0 Å². The van der Waals surface area contributed by atoms with E-state index in [9.17, 15) is 4.79 Å². The molecule has 1 aromatic rings. The van der Waals surface area contributed by atoms with Crippen molar-refractivity contribution in [1.29, 1.82) is 5.26 Å². The summed E-state index contributed by atoms with van der Waals surface area (Å²) < 4.78 is 0. The van der Waals surface area contributed by atoms with Crippen LogP contribution in [-0.2, 0) is 4.79 Å². The molecule has 0 spiro atoms. The highest BCUT2D eigenvalue weighted by Gasteiger charge is 2.31. The smallest absolute Gasteiger partial charge is 0.222 e. The Bertz CT molecular complexity index is 492. The first kappa shape index (κ1) is 12.6. The van der Waals surface area contributed by atoms with Crippen molar-refractivity contribution in [2.75, 3.05) is 7.05 Å². The normalized spacial score (nSPS) is 24.5. The first-order valence-electron chi connectivity index (χ1n) is 6.15. The quantitative estimate of drug-likeness (QED) is 0.813. The van der Waals surface area contributed by atoms with Gasteiger partial charge in [0.1, 0.15) is 0 Å². The third-order valence-corrected chi connectivity index (χ3v) is 3.54. The molecule has 0 aliphatic carbocycles. The van der Waals surface area contributed by atoms with E-state index in [4.69, 9.17) is 11.0 Å². The average molecular weight is 243 g/mol. The monoisotopic (exact) mass is 243 g/mol. The highest BCUT2D eigenvalue weighted by Crippen LogP contribution is 2.30. The lowest BCUT2D eigenvalue weighted by Crippen LogP contribution is -2.40. The van der Waals surface area contributed by atoms with Crippen LogP contribution in [0, 0.1) is 11.3 Å².